The first-order valence-corrected chi connectivity index (χ1v) is 5.18. The zero-order chi connectivity index (χ0) is 10.6. The topological polar surface area (TPSA) is 51.0 Å². The highest BCUT2D eigenvalue weighted by molar-refractivity contribution is 4.90. The van der Waals surface area contributed by atoms with Crippen LogP contribution in [-0.4, -0.2) is 16.7 Å². The van der Waals surface area contributed by atoms with Gasteiger partial charge in [0.1, 0.15) is 0 Å². The van der Waals surface area contributed by atoms with E-state index in [0.29, 0.717) is 24.3 Å². The van der Waals surface area contributed by atoms with Crippen molar-refractivity contribution in [2.75, 3.05) is 6.54 Å². The van der Waals surface area contributed by atoms with E-state index in [0.717, 1.165) is 12.4 Å². The molecular formula is C10H19N3O. The Hall–Kier alpha value is -0.900. The predicted octanol–water partition coefficient (Wildman–Crippen LogP) is 1.94. The van der Waals surface area contributed by atoms with Crippen LogP contribution in [-0.2, 0) is 6.54 Å². The van der Waals surface area contributed by atoms with Crippen molar-refractivity contribution in [3.63, 3.8) is 0 Å². The summed E-state index contributed by atoms with van der Waals surface area (Å²) in [5.41, 5.74) is 0. The Labute approximate surface area is 85.1 Å². The second-order valence-corrected chi connectivity index (χ2v) is 3.85. The summed E-state index contributed by atoms with van der Waals surface area (Å²) in [6.45, 7) is 10.0. The largest absolute Gasteiger partial charge is 0.424 e. The normalized spacial score (nSPS) is 13.5. The predicted molar refractivity (Wildman–Crippen MR) is 54.9 cm³/mol. The van der Waals surface area contributed by atoms with Gasteiger partial charge in [0.25, 0.3) is 0 Å². The molecule has 0 spiro atoms. The highest BCUT2D eigenvalue weighted by Gasteiger charge is 2.16. The Morgan fingerprint density at radius 2 is 2.00 bits per heavy atom. The van der Waals surface area contributed by atoms with E-state index in [-0.39, 0.29) is 0 Å². The molecule has 0 saturated heterocycles. The summed E-state index contributed by atoms with van der Waals surface area (Å²) < 4.78 is 5.52. The number of nitrogens with one attached hydrogen (secondary N) is 1. The first-order valence-electron chi connectivity index (χ1n) is 5.18. The summed E-state index contributed by atoms with van der Waals surface area (Å²) in [6.07, 6.45) is 0. The van der Waals surface area contributed by atoms with E-state index in [1.165, 1.54) is 0 Å². The molecule has 0 saturated carbocycles. The Kier molecular flexibility index (Phi) is 4.07. The maximum atomic E-state index is 5.52. The van der Waals surface area contributed by atoms with Gasteiger partial charge in [-0.25, -0.2) is 0 Å². The third-order valence-electron chi connectivity index (χ3n) is 2.40. The van der Waals surface area contributed by atoms with Crippen LogP contribution < -0.4 is 5.32 Å². The minimum atomic E-state index is 0.331. The van der Waals surface area contributed by atoms with Gasteiger partial charge in [0.05, 0.1) is 6.54 Å². The summed E-state index contributed by atoms with van der Waals surface area (Å²) >= 11 is 0. The summed E-state index contributed by atoms with van der Waals surface area (Å²) in [4.78, 5) is 0. The second-order valence-electron chi connectivity index (χ2n) is 3.85. The average molecular weight is 197 g/mol. The number of aromatic nitrogens is 2. The molecule has 1 aromatic rings. The molecule has 0 amide bonds. The Balaban J connectivity index is 2.58. The summed E-state index contributed by atoms with van der Waals surface area (Å²) in [5, 5.41) is 11.2. The van der Waals surface area contributed by atoms with Crippen molar-refractivity contribution in [2.45, 2.75) is 40.2 Å². The Bertz CT molecular complexity index is 270. The van der Waals surface area contributed by atoms with Crippen molar-refractivity contribution in [3.8, 4) is 0 Å². The average Bonchev–Trinajstić information content (AvgIpc) is 2.61. The summed E-state index contributed by atoms with van der Waals surface area (Å²) in [5.74, 6) is 2.28. The molecule has 0 radical (unpaired) electrons. The van der Waals surface area contributed by atoms with Crippen molar-refractivity contribution >= 4 is 0 Å². The van der Waals surface area contributed by atoms with Crippen LogP contribution in [0, 0.1) is 5.92 Å². The van der Waals surface area contributed by atoms with Gasteiger partial charge < -0.3 is 9.73 Å². The van der Waals surface area contributed by atoms with E-state index in [4.69, 9.17) is 4.42 Å². The van der Waals surface area contributed by atoms with Crippen LogP contribution in [0.25, 0.3) is 0 Å². The monoisotopic (exact) mass is 197 g/mol. The number of hydrogen-bond acceptors (Lipinski definition) is 4. The molecule has 1 rings (SSSR count). The molecule has 0 aliphatic rings. The van der Waals surface area contributed by atoms with Gasteiger partial charge in [-0.2, -0.15) is 0 Å². The molecule has 4 heteroatoms. The van der Waals surface area contributed by atoms with E-state index in [2.05, 4.69) is 36.3 Å². The van der Waals surface area contributed by atoms with Crippen LogP contribution in [0.2, 0.25) is 0 Å². The van der Waals surface area contributed by atoms with Crippen LogP contribution in [0.15, 0.2) is 4.42 Å². The first kappa shape index (κ1) is 11.2. The zero-order valence-electron chi connectivity index (χ0n) is 9.37. The van der Waals surface area contributed by atoms with Crippen LogP contribution in [0.4, 0.5) is 0 Å². The van der Waals surface area contributed by atoms with Crippen molar-refractivity contribution in [3.05, 3.63) is 11.8 Å². The molecule has 0 aliphatic carbocycles. The lowest BCUT2D eigenvalue weighted by Gasteiger charge is -2.09. The van der Waals surface area contributed by atoms with Gasteiger partial charge in [0.2, 0.25) is 11.8 Å². The van der Waals surface area contributed by atoms with Crippen molar-refractivity contribution in [1.29, 1.82) is 0 Å². The minimum absolute atomic E-state index is 0.331. The molecule has 1 aromatic heterocycles. The van der Waals surface area contributed by atoms with Crippen LogP contribution >= 0.6 is 0 Å². The quantitative estimate of drug-likeness (QED) is 0.783. The van der Waals surface area contributed by atoms with Gasteiger partial charge in [-0.3, -0.25) is 0 Å². The highest BCUT2D eigenvalue weighted by atomic mass is 16.4. The second kappa shape index (κ2) is 5.10. The highest BCUT2D eigenvalue weighted by Crippen LogP contribution is 2.21. The van der Waals surface area contributed by atoms with Gasteiger partial charge in [0.15, 0.2) is 0 Å². The third-order valence-corrected chi connectivity index (χ3v) is 2.40. The third kappa shape index (κ3) is 2.80. The van der Waals surface area contributed by atoms with Gasteiger partial charge >= 0.3 is 0 Å². The molecule has 0 aromatic carbocycles. The molecule has 4 nitrogen and oxygen atoms in total. The van der Waals surface area contributed by atoms with Crippen LogP contribution in [0.3, 0.4) is 0 Å². The molecular weight excluding hydrogens is 178 g/mol. The lowest BCUT2D eigenvalue weighted by atomic mass is 9.98. The summed E-state index contributed by atoms with van der Waals surface area (Å²) in [7, 11) is 0. The Morgan fingerprint density at radius 1 is 1.29 bits per heavy atom. The number of rotatable bonds is 5. The Morgan fingerprint density at radius 3 is 2.57 bits per heavy atom. The van der Waals surface area contributed by atoms with Crippen LogP contribution in [0.1, 0.15) is 45.4 Å². The van der Waals surface area contributed by atoms with E-state index in [1.807, 2.05) is 6.92 Å². The van der Waals surface area contributed by atoms with E-state index >= 15 is 0 Å². The lowest BCUT2D eigenvalue weighted by molar-refractivity contribution is 0.374. The fourth-order valence-corrected chi connectivity index (χ4v) is 1.04. The SMILES string of the molecule is CCNCc1nnc(C(C)C(C)C)o1. The molecule has 1 unspecified atom stereocenters. The molecule has 14 heavy (non-hydrogen) atoms. The molecule has 0 aliphatic heterocycles. The molecule has 80 valence electrons. The number of nitrogens with zero attached hydrogens (tertiary/aromatic N) is 2. The van der Waals surface area contributed by atoms with E-state index in [1.54, 1.807) is 0 Å². The van der Waals surface area contributed by atoms with Gasteiger partial charge in [-0.05, 0) is 12.5 Å². The van der Waals surface area contributed by atoms with Gasteiger partial charge in [-0.15, -0.1) is 10.2 Å². The van der Waals surface area contributed by atoms with E-state index in [9.17, 15) is 0 Å². The smallest absolute Gasteiger partial charge is 0.230 e. The van der Waals surface area contributed by atoms with Crippen molar-refractivity contribution in [1.82, 2.24) is 15.5 Å². The van der Waals surface area contributed by atoms with Gasteiger partial charge in [-0.1, -0.05) is 27.7 Å². The molecule has 1 atom stereocenters. The number of hydrogen-bond donors (Lipinski definition) is 1. The van der Waals surface area contributed by atoms with E-state index < -0.39 is 0 Å². The lowest BCUT2D eigenvalue weighted by Crippen LogP contribution is -2.11. The fourth-order valence-electron chi connectivity index (χ4n) is 1.04. The van der Waals surface area contributed by atoms with Crippen LogP contribution in [0.5, 0.6) is 0 Å². The first-order chi connectivity index (χ1) is 6.65. The molecule has 0 fully saturated rings. The zero-order valence-corrected chi connectivity index (χ0v) is 9.37. The maximum absolute atomic E-state index is 5.52. The summed E-state index contributed by atoms with van der Waals surface area (Å²) in [6, 6.07) is 0. The maximum Gasteiger partial charge on any atom is 0.230 e. The molecule has 0 bridgehead atoms. The fraction of sp³-hybridized carbons (Fsp3) is 0.800. The minimum Gasteiger partial charge on any atom is -0.424 e. The van der Waals surface area contributed by atoms with Crippen molar-refractivity contribution < 1.29 is 4.42 Å². The van der Waals surface area contributed by atoms with Crippen molar-refractivity contribution in [2.24, 2.45) is 5.92 Å². The van der Waals surface area contributed by atoms with Gasteiger partial charge in [0, 0.05) is 5.92 Å². The molecule has 1 heterocycles. The standard InChI is InChI=1S/C10H19N3O/c1-5-11-6-9-12-13-10(14-9)8(4)7(2)3/h7-8,11H,5-6H2,1-4H3. The molecule has 1 N–H and O–H groups in total.